The zero-order valence-corrected chi connectivity index (χ0v) is 14.9. The summed E-state index contributed by atoms with van der Waals surface area (Å²) in [6, 6.07) is 15.6. The van der Waals surface area contributed by atoms with Crippen molar-refractivity contribution in [1.29, 1.82) is 0 Å². The molecule has 0 bridgehead atoms. The maximum absolute atomic E-state index is 10.6. The van der Waals surface area contributed by atoms with Gasteiger partial charge in [0.15, 0.2) is 17.6 Å². The third-order valence-electron chi connectivity index (χ3n) is 2.92. The minimum absolute atomic E-state index is 0. The van der Waals surface area contributed by atoms with Gasteiger partial charge in [-0.25, -0.2) is 0 Å². The standard InChI is InChI=1S/C16H15NO5.Na/c1-21-14-9-5-6-10-15(14)22-16(13(18)11-17(19)20)12-7-3-2-4-8-12;/h2-11,16,18H,1H3;/q;+1/b13-11+;. The first kappa shape index (κ1) is 19.0. The first-order valence-electron chi connectivity index (χ1n) is 6.50. The van der Waals surface area contributed by atoms with Crippen molar-refractivity contribution in [1.82, 2.24) is 0 Å². The number of ether oxygens (including phenoxy) is 2. The summed E-state index contributed by atoms with van der Waals surface area (Å²) >= 11 is 0. The Morgan fingerprint density at radius 2 is 1.70 bits per heavy atom. The summed E-state index contributed by atoms with van der Waals surface area (Å²) in [4.78, 5) is 9.88. The molecular weight excluding hydrogens is 309 g/mol. The van der Waals surface area contributed by atoms with Crippen molar-refractivity contribution < 1.29 is 49.1 Å². The molecule has 0 aromatic heterocycles. The van der Waals surface area contributed by atoms with Crippen LogP contribution in [0, 0.1) is 10.1 Å². The van der Waals surface area contributed by atoms with Gasteiger partial charge in [0.2, 0.25) is 5.76 Å². The fraction of sp³-hybridized carbons (Fsp3) is 0.125. The first-order valence-corrected chi connectivity index (χ1v) is 6.50. The van der Waals surface area contributed by atoms with Crippen molar-refractivity contribution in [2.24, 2.45) is 0 Å². The summed E-state index contributed by atoms with van der Waals surface area (Å²) in [5.74, 6) is 0.349. The van der Waals surface area contributed by atoms with Crippen LogP contribution in [0.2, 0.25) is 0 Å². The van der Waals surface area contributed by atoms with Crippen LogP contribution in [0.25, 0.3) is 0 Å². The number of nitro groups is 1. The summed E-state index contributed by atoms with van der Waals surface area (Å²) in [7, 11) is 1.49. The maximum Gasteiger partial charge on any atom is 1.00 e. The Hall–Kier alpha value is -2.02. The SMILES string of the molecule is COc1ccccc1OC(/C(O)=C\[N+](=O)[O-])c1ccccc1.[Na+]. The van der Waals surface area contributed by atoms with E-state index >= 15 is 0 Å². The molecule has 0 saturated carbocycles. The van der Waals surface area contributed by atoms with Gasteiger partial charge in [-0.3, -0.25) is 10.1 Å². The van der Waals surface area contributed by atoms with Gasteiger partial charge in [0.05, 0.1) is 12.0 Å². The zero-order chi connectivity index (χ0) is 15.9. The summed E-state index contributed by atoms with van der Waals surface area (Å²) in [5.41, 5.74) is 0.587. The predicted molar refractivity (Wildman–Crippen MR) is 80.5 cm³/mol. The minimum atomic E-state index is -0.997. The van der Waals surface area contributed by atoms with Gasteiger partial charge in [-0.2, -0.15) is 0 Å². The van der Waals surface area contributed by atoms with E-state index in [1.807, 2.05) is 0 Å². The van der Waals surface area contributed by atoms with Crippen molar-refractivity contribution in [2.45, 2.75) is 6.10 Å². The Morgan fingerprint density at radius 1 is 1.13 bits per heavy atom. The van der Waals surface area contributed by atoms with E-state index in [9.17, 15) is 15.2 Å². The number of benzene rings is 2. The Balaban J connectivity index is 0.00000264. The van der Waals surface area contributed by atoms with E-state index in [2.05, 4.69) is 0 Å². The summed E-state index contributed by atoms with van der Waals surface area (Å²) in [5, 5.41) is 20.6. The molecule has 2 aromatic rings. The number of para-hydroxylation sites is 2. The van der Waals surface area contributed by atoms with E-state index < -0.39 is 16.8 Å². The van der Waals surface area contributed by atoms with E-state index in [4.69, 9.17) is 9.47 Å². The number of methoxy groups -OCH3 is 1. The molecule has 114 valence electrons. The Bertz CT molecular complexity index is 675. The number of aliphatic hydroxyl groups excluding tert-OH is 1. The molecule has 1 unspecified atom stereocenters. The third-order valence-corrected chi connectivity index (χ3v) is 2.92. The molecule has 0 aliphatic heterocycles. The number of hydrogen-bond donors (Lipinski definition) is 1. The molecule has 0 amide bonds. The predicted octanol–water partition coefficient (Wildman–Crippen LogP) is 0.495. The number of aliphatic hydroxyl groups is 1. The molecule has 6 nitrogen and oxygen atoms in total. The molecule has 23 heavy (non-hydrogen) atoms. The van der Waals surface area contributed by atoms with Gasteiger partial charge in [0.1, 0.15) is 0 Å². The van der Waals surface area contributed by atoms with Crippen LogP contribution in [0.5, 0.6) is 11.5 Å². The van der Waals surface area contributed by atoms with Crippen LogP contribution < -0.4 is 39.0 Å². The quantitative estimate of drug-likeness (QED) is 0.362. The number of hydrogen-bond acceptors (Lipinski definition) is 5. The molecular formula is C16H15NNaO5+. The molecule has 2 aromatic carbocycles. The van der Waals surface area contributed by atoms with Crippen molar-refractivity contribution >= 4 is 0 Å². The van der Waals surface area contributed by atoms with E-state index in [1.165, 1.54) is 7.11 Å². The van der Waals surface area contributed by atoms with E-state index in [-0.39, 0.29) is 29.6 Å². The van der Waals surface area contributed by atoms with Gasteiger partial charge in [-0.1, -0.05) is 42.5 Å². The fourth-order valence-corrected chi connectivity index (χ4v) is 1.95. The number of nitrogens with zero attached hydrogens (tertiary/aromatic N) is 1. The average Bonchev–Trinajstić information content (AvgIpc) is 2.53. The first-order chi connectivity index (χ1) is 10.6. The van der Waals surface area contributed by atoms with E-state index in [0.717, 1.165) is 0 Å². The van der Waals surface area contributed by atoms with Crippen LogP contribution in [0.1, 0.15) is 11.7 Å². The summed E-state index contributed by atoms with van der Waals surface area (Å²) in [6.07, 6.45) is -0.476. The molecule has 0 aliphatic carbocycles. The molecule has 0 aliphatic rings. The fourth-order valence-electron chi connectivity index (χ4n) is 1.95. The third kappa shape index (κ3) is 5.28. The molecule has 2 rings (SSSR count). The molecule has 0 spiro atoms. The minimum Gasteiger partial charge on any atom is -0.503 e. The van der Waals surface area contributed by atoms with Crippen LogP contribution in [0.15, 0.2) is 66.6 Å². The second kappa shape index (κ2) is 9.19. The average molecular weight is 324 g/mol. The largest absolute Gasteiger partial charge is 1.00 e. The molecule has 0 fully saturated rings. The Morgan fingerprint density at radius 3 is 2.26 bits per heavy atom. The second-order valence-electron chi connectivity index (χ2n) is 4.40. The molecule has 1 N–H and O–H groups in total. The zero-order valence-electron chi connectivity index (χ0n) is 12.9. The van der Waals surface area contributed by atoms with Gasteiger partial charge in [-0.15, -0.1) is 0 Å². The smallest absolute Gasteiger partial charge is 0.503 e. The van der Waals surface area contributed by atoms with Gasteiger partial charge in [-0.05, 0) is 12.1 Å². The van der Waals surface area contributed by atoms with Crippen LogP contribution >= 0.6 is 0 Å². The molecule has 0 saturated heterocycles. The normalized spacial score (nSPS) is 12.0. The van der Waals surface area contributed by atoms with Gasteiger partial charge in [0.25, 0.3) is 6.20 Å². The molecule has 7 heteroatoms. The van der Waals surface area contributed by atoms with E-state index in [0.29, 0.717) is 23.3 Å². The maximum atomic E-state index is 10.6. The Labute approximate surface area is 155 Å². The van der Waals surface area contributed by atoms with Crippen molar-refractivity contribution in [2.75, 3.05) is 7.11 Å². The molecule has 0 radical (unpaired) electrons. The van der Waals surface area contributed by atoms with Crippen LogP contribution in [-0.4, -0.2) is 17.1 Å². The topological polar surface area (TPSA) is 81.8 Å². The Kier molecular flexibility index (Phi) is 7.61. The molecule has 0 heterocycles. The van der Waals surface area contributed by atoms with Crippen LogP contribution in [0.3, 0.4) is 0 Å². The van der Waals surface area contributed by atoms with Crippen molar-refractivity contribution in [3.05, 3.63) is 82.2 Å². The van der Waals surface area contributed by atoms with Gasteiger partial charge in [0, 0.05) is 5.56 Å². The van der Waals surface area contributed by atoms with Crippen molar-refractivity contribution in [3.63, 3.8) is 0 Å². The van der Waals surface area contributed by atoms with Gasteiger partial charge >= 0.3 is 29.6 Å². The van der Waals surface area contributed by atoms with Crippen molar-refractivity contribution in [3.8, 4) is 11.5 Å². The second-order valence-corrected chi connectivity index (χ2v) is 4.40. The van der Waals surface area contributed by atoms with Gasteiger partial charge < -0.3 is 14.6 Å². The van der Waals surface area contributed by atoms with Crippen LogP contribution in [-0.2, 0) is 0 Å². The monoisotopic (exact) mass is 324 g/mol. The summed E-state index contributed by atoms with van der Waals surface area (Å²) in [6.45, 7) is 0. The summed E-state index contributed by atoms with van der Waals surface area (Å²) < 4.78 is 10.9. The van der Waals surface area contributed by atoms with Crippen LogP contribution in [0.4, 0.5) is 0 Å². The van der Waals surface area contributed by atoms with E-state index in [1.54, 1.807) is 54.6 Å². The number of rotatable bonds is 6. The molecule has 1 atom stereocenters.